The summed E-state index contributed by atoms with van der Waals surface area (Å²) in [7, 11) is -2.82. The fourth-order valence-electron chi connectivity index (χ4n) is 4.11. The average Bonchev–Trinajstić information content (AvgIpc) is 3.51. The molecule has 7 nitrogen and oxygen atoms in total. The van der Waals surface area contributed by atoms with Crippen LogP contribution in [0.2, 0.25) is 0 Å². The lowest BCUT2D eigenvalue weighted by molar-refractivity contribution is -0.121. The zero-order valence-corrected chi connectivity index (χ0v) is 20.5. The number of rotatable bonds is 7. The summed E-state index contributed by atoms with van der Waals surface area (Å²) >= 11 is 0. The number of hydrogen-bond acceptors (Lipinski definition) is 5. The molecule has 1 amide bonds. The minimum atomic E-state index is -2.82. The molecule has 188 valence electrons. The van der Waals surface area contributed by atoms with Crippen LogP contribution >= 0.6 is 0 Å². The second-order valence-electron chi connectivity index (χ2n) is 8.61. The van der Waals surface area contributed by atoms with Crippen molar-refractivity contribution in [3.05, 3.63) is 96.4 Å². The largest absolute Gasteiger partial charge is 0.443 e. The molecule has 5 aromatic rings. The summed E-state index contributed by atoms with van der Waals surface area (Å²) in [6, 6.07) is 17.3. The molecule has 2 heterocycles. The van der Waals surface area contributed by atoms with Crippen LogP contribution in [0.4, 0.5) is 8.78 Å². The maximum Gasteiger partial charge on any atom is 0.243 e. The maximum atomic E-state index is 14.8. The highest BCUT2D eigenvalue weighted by molar-refractivity contribution is 7.91. The standard InChI is InChI=1S/C27H22F2N4O3S/c1-37(30,35)22-7-4-17(5-8-22)18-2-3-19(23(29)13-18)15-32-26(34)16-33-24-9-6-21(28)12-20(24)14-25(33)27-31-10-11-36-27/h2-14,30H,15-16H2,1H3,(H,32,34). The van der Waals surface area contributed by atoms with Gasteiger partial charge in [0.15, 0.2) is 0 Å². The van der Waals surface area contributed by atoms with E-state index in [4.69, 9.17) is 9.20 Å². The van der Waals surface area contributed by atoms with E-state index < -0.39 is 21.4 Å². The first-order valence-corrected chi connectivity index (χ1v) is 13.2. The highest BCUT2D eigenvalue weighted by Crippen LogP contribution is 2.28. The molecular weight excluding hydrogens is 498 g/mol. The van der Waals surface area contributed by atoms with Gasteiger partial charge in [-0.05, 0) is 53.6 Å². The molecule has 5 rings (SSSR count). The predicted octanol–water partition coefficient (Wildman–Crippen LogP) is 5.59. The fraction of sp³-hybridized carbons (Fsp3) is 0.111. The Morgan fingerprint density at radius 1 is 1.05 bits per heavy atom. The zero-order valence-electron chi connectivity index (χ0n) is 19.7. The summed E-state index contributed by atoms with van der Waals surface area (Å²) in [5.41, 5.74) is 2.80. The van der Waals surface area contributed by atoms with Crippen molar-refractivity contribution in [1.29, 1.82) is 4.78 Å². The molecule has 0 saturated heterocycles. The number of benzene rings is 3. The topological polar surface area (TPSA) is 101 Å². The van der Waals surface area contributed by atoms with Crippen LogP contribution in [0.5, 0.6) is 0 Å². The molecule has 0 aliphatic rings. The van der Waals surface area contributed by atoms with Gasteiger partial charge in [-0.1, -0.05) is 24.3 Å². The zero-order chi connectivity index (χ0) is 26.2. The van der Waals surface area contributed by atoms with Crippen LogP contribution < -0.4 is 5.32 Å². The number of nitrogens with one attached hydrogen (secondary N) is 2. The molecule has 10 heteroatoms. The van der Waals surface area contributed by atoms with E-state index in [1.165, 1.54) is 36.9 Å². The van der Waals surface area contributed by atoms with Gasteiger partial charge in [0, 0.05) is 34.2 Å². The van der Waals surface area contributed by atoms with Crippen LogP contribution in [-0.2, 0) is 27.6 Å². The summed E-state index contributed by atoms with van der Waals surface area (Å²) in [5, 5.41) is 3.33. The fourth-order valence-corrected chi connectivity index (χ4v) is 4.77. The van der Waals surface area contributed by atoms with Crippen LogP contribution in [0.15, 0.2) is 88.5 Å². The lowest BCUT2D eigenvalue weighted by atomic mass is 10.0. The predicted molar refractivity (Wildman–Crippen MR) is 136 cm³/mol. The normalized spacial score (nSPS) is 12.9. The number of hydrogen-bond donors (Lipinski definition) is 2. The number of oxazole rings is 1. The lowest BCUT2D eigenvalue weighted by Gasteiger charge is -2.11. The smallest absolute Gasteiger partial charge is 0.243 e. The van der Waals surface area contributed by atoms with E-state index in [9.17, 15) is 17.8 Å². The number of carbonyl (C=O) groups is 1. The Morgan fingerprint density at radius 2 is 1.81 bits per heavy atom. The van der Waals surface area contributed by atoms with E-state index >= 15 is 0 Å². The molecule has 0 radical (unpaired) electrons. The van der Waals surface area contributed by atoms with Crippen molar-refractivity contribution < 1.29 is 22.2 Å². The molecule has 0 saturated carbocycles. The number of amides is 1. The van der Waals surface area contributed by atoms with Crippen LogP contribution in [0.25, 0.3) is 33.6 Å². The van der Waals surface area contributed by atoms with Crippen LogP contribution in [0, 0.1) is 16.4 Å². The molecule has 2 aromatic heterocycles. The second-order valence-corrected chi connectivity index (χ2v) is 10.8. The van der Waals surface area contributed by atoms with Crippen LogP contribution in [0.3, 0.4) is 0 Å². The Hall–Kier alpha value is -4.31. The third-order valence-corrected chi connectivity index (χ3v) is 7.15. The summed E-state index contributed by atoms with van der Waals surface area (Å²) in [5.74, 6) is -0.955. The van der Waals surface area contributed by atoms with E-state index in [0.29, 0.717) is 38.5 Å². The van der Waals surface area contributed by atoms with Crippen molar-refractivity contribution in [2.75, 3.05) is 6.26 Å². The molecule has 0 fully saturated rings. The first-order chi connectivity index (χ1) is 17.7. The monoisotopic (exact) mass is 520 g/mol. The van der Waals surface area contributed by atoms with Crippen LogP contribution in [0.1, 0.15) is 5.56 Å². The molecule has 2 N–H and O–H groups in total. The van der Waals surface area contributed by atoms with E-state index in [0.717, 1.165) is 5.56 Å². The van der Waals surface area contributed by atoms with Gasteiger partial charge in [-0.2, -0.15) is 0 Å². The number of nitrogens with zero attached hydrogens (tertiary/aromatic N) is 2. The number of halogens is 2. The molecule has 0 spiro atoms. The Balaban J connectivity index is 1.31. The summed E-state index contributed by atoms with van der Waals surface area (Å²) in [4.78, 5) is 17.4. The Bertz CT molecular complexity index is 1710. The van der Waals surface area contributed by atoms with Crippen molar-refractivity contribution in [2.45, 2.75) is 18.0 Å². The second kappa shape index (κ2) is 9.62. The van der Waals surface area contributed by atoms with E-state index in [1.54, 1.807) is 53.1 Å². The molecule has 37 heavy (non-hydrogen) atoms. The maximum absolute atomic E-state index is 14.8. The van der Waals surface area contributed by atoms with Gasteiger partial charge < -0.3 is 14.3 Å². The van der Waals surface area contributed by atoms with E-state index in [2.05, 4.69) is 10.3 Å². The molecule has 0 aliphatic heterocycles. The molecule has 1 unspecified atom stereocenters. The number of aromatic nitrogens is 2. The molecule has 0 bridgehead atoms. The lowest BCUT2D eigenvalue weighted by Crippen LogP contribution is -2.27. The highest BCUT2D eigenvalue weighted by atomic mass is 32.2. The first kappa shape index (κ1) is 24.4. The van der Waals surface area contributed by atoms with Gasteiger partial charge in [0.2, 0.25) is 11.8 Å². The van der Waals surface area contributed by atoms with Crippen molar-refractivity contribution in [2.24, 2.45) is 0 Å². The Morgan fingerprint density at radius 3 is 2.49 bits per heavy atom. The first-order valence-electron chi connectivity index (χ1n) is 11.3. The average molecular weight is 521 g/mol. The third-order valence-electron chi connectivity index (χ3n) is 5.98. The summed E-state index contributed by atoms with van der Waals surface area (Å²) < 4.78 is 55.2. The van der Waals surface area contributed by atoms with Gasteiger partial charge >= 0.3 is 0 Å². The third kappa shape index (κ3) is 5.14. The minimum absolute atomic E-state index is 0.0250. The SMILES string of the molecule is CS(=N)(=O)c1ccc(-c2ccc(CNC(=O)Cn3c(-c4ncco4)cc4cc(F)ccc43)c(F)c2)cc1. The van der Waals surface area contributed by atoms with Gasteiger partial charge in [0.1, 0.15) is 30.1 Å². The molecule has 3 aromatic carbocycles. The number of carbonyl (C=O) groups excluding carboxylic acids is 1. The van der Waals surface area contributed by atoms with E-state index in [1.807, 2.05) is 0 Å². The van der Waals surface area contributed by atoms with Gasteiger partial charge in [-0.3, -0.25) is 4.79 Å². The van der Waals surface area contributed by atoms with Crippen molar-refractivity contribution in [3.8, 4) is 22.7 Å². The van der Waals surface area contributed by atoms with Gasteiger partial charge in [0.05, 0.1) is 15.9 Å². The van der Waals surface area contributed by atoms with E-state index in [-0.39, 0.29) is 19.0 Å². The minimum Gasteiger partial charge on any atom is -0.443 e. The molecular formula is C27H22F2N4O3S. The molecule has 0 aliphatic carbocycles. The summed E-state index contributed by atoms with van der Waals surface area (Å²) in [6.07, 6.45) is 4.24. The quantitative estimate of drug-likeness (QED) is 0.292. The summed E-state index contributed by atoms with van der Waals surface area (Å²) in [6.45, 7) is -0.127. The highest BCUT2D eigenvalue weighted by Gasteiger charge is 2.17. The van der Waals surface area contributed by atoms with Gasteiger partial charge in [-0.25, -0.2) is 22.8 Å². The molecule has 1 atom stereocenters. The van der Waals surface area contributed by atoms with Crippen molar-refractivity contribution in [3.63, 3.8) is 0 Å². The van der Waals surface area contributed by atoms with Gasteiger partial charge in [-0.15, -0.1) is 0 Å². The van der Waals surface area contributed by atoms with Crippen molar-refractivity contribution in [1.82, 2.24) is 14.9 Å². The van der Waals surface area contributed by atoms with Crippen molar-refractivity contribution >= 4 is 26.5 Å². The number of fused-ring (bicyclic) bond motifs is 1. The van der Waals surface area contributed by atoms with Gasteiger partial charge in [0.25, 0.3) is 0 Å². The Labute approximate surface area is 211 Å². The Kier molecular flexibility index (Phi) is 6.34. The van der Waals surface area contributed by atoms with Crippen LogP contribution in [-0.4, -0.2) is 25.9 Å².